The monoisotopic (exact) mass is 588 g/mol. The maximum absolute atomic E-state index is 14.8. The molecule has 0 spiro atoms. The molecular weight excluding hydrogens is 555 g/mol. The van der Waals surface area contributed by atoms with Gasteiger partial charge in [-0.3, -0.25) is 4.90 Å². The van der Waals surface area contributed by atoms with Gasteiger partial charge in [-0.15, -0.1) is 0 Å². The Morgan fingerprint density at radius 1 is 1.09 bits per heavy atom. The summed E-state index contributed by atoms with van der Waals surface area (Å²) in [5.74, 6) is 1.00. The summed E-state index contributed by atoms with van der Waals surface area (Å²) >= 11 is 0. The van der Waals surface area contributed by atoms with Gasteiger partial charge in [-0.05, 0) is 42.5 Å². The number of nitriles is 1. The van der Waals surface area contributed by atoms with E-state index in [9.17, 15) is 14.4 Å². The molecule has 2 aromatic carbocycles. The normalized spacial score (nSPS) is 21.0. The molecule has 4 heterocycles. The molecule has 3 saturated heterocycles. The van der Waals surface area contributed by atoms with Crippen LogP contribution in [0.25, 0.3) is 11.4 Å². The Kier molecular flexibility index (Phi) is 8.48. The van der Waals surface area contributed by atoms with Crippen molar-refractivity contribution in [3.8, 4) is 23.2 Å². The summed E-state index contributed by atoms with van der Waals surface area (Å²) in [5, 5.41) is 13.0. The number of hydrogen-bond acceptors (Lipinski definition) is 11. The lowest BCUT2D eigenvalue weighted by atomic mass is 10.1. The molecular formula is C30H33FN8O4. The van der Waals surface area contributed by atoms with Crippen molar-refractivity contribution in [1.29, 1.82) is 5.26 Å². The Labute approximate surface area is 249 Å². The second kappa shape index (κ2) is 12.8. The van der Waals surface area contributed by atoms with Crippen LogP contribution in [-0.4, -0.2) is 109 Å². The fourth-order valence-electron chi connectivity index (χ4n) is 5.49. The molecule has 43 heavy (non-hydrogen) atoms. The van der Waals surface area contributed by atoms with Crippen molar-refractivity contribution in [1.82, 2.24) is 24.8 Å². The number of nitrogens with zero attached hydrogens (tertiary/aromatic N) is 7. The van der Waals surface area contributed by atoms with E-state index in [2.05, 4.69) is 53.0 Å². The van der Waals surface area contributed by atoms with Gasteiger partial charge in [0.1, 0.15) is 24.3 Å². The molecule has 3 aromatic rings. The van der Waals surface area contributed by atoms with Crippen LogP contribution in [0.3, 0.4) is 0 Å². The zero-order chi connectivity index (χ0) is 29.8. The first-order valence-corrected chi connectivity index (χ1v) is 14.3. The lowest BCUT2D eigenvalue weighted by molar-refractivity contribution is -0.0660. The summed E-state index contributed by atoms with van der Waals surface area (Å²) < 4.78 is 30.6. The average molecular weight is 589 g/mol. The lowest BCUT2D eigenvalue weighted by Gasteiger charge is -2.43. The zero-order valence-corrected chi connectivity index (χ0v) is 23.9. The molecule has 0 radical (unpaired) electrons. The molecule has 3 aliphatic heterocycles. The van der Waals surface area contributed by atoms with Gasteiger partial charge in [0.25, 0.3) is 0 Å². The molecule has 1 unspecified atom stereocenters. The summed E-state index contributed by atoms with van der Waals surface area (Å²) in [6.07, 6.45) is -1.09. The smallest absolute Gasteiger partial charge is 0.409 e. The third-order valence-electron chi connectivity index (χ3n) is 8.06. The Balaban J connectivity index is 1.08. The van der Waals surface area contributed by atoms with Crippen LogP contribution in [0.5, 0.6) is 5.75 Å². The van der Waals surface area contributed by atoms with Gasteiger partial charge < -0.3 is 29.3 Å². The maximum atomic E-state index is 14.8. The highest BCUT2D eigenvalue weighted by Gasteiger charge is 2.34. The fraction of sp³-hybridized carbons (Fsp3) is 0.433. The van der Waals surface area contributed by atoms with Gasteiger partial charge in [-0.2, -0.15) is 10.2 Å². The highest BCUT2D eigenvalue weighted by Crippen LogP contribution is 2.29. The van der Waals surface area contributed by atoms with Crippen LogP contribution in [0, 0.1) is 11.3 Å². The number of alkyl halides is 1. The van der Waals surface area contributed by atoms with E-state index in [0.29, 0.717) is 29.9 Å². The van der Waals surface area contributed by atoms with Gasteiger partial charge in [-0.1, -0.05) is 0 Å². The number of carbonyl (C=O) groups is 1. The number of ether oxygens (including phenoxy) is 3. The molecule has 13 heteroatoms. The number of carbonyl (C=O) groups excluding carboxylic acids is 1. The number of anilines is 3. The number of halogens is 1. The zero-order valence-electron chi connectivity index (χ0n) is 23.9. The molecule has 1 N–H and O–H groups in total. The minimum atomic E-state index is -1.41. The Morgan fingerprint density at radius 3 is 2.56 bits per heavy atom. The van der Waals surface area contributed by atoms with Crippen molar-refractivity contribution < 1.29 is 23.4 Å². The number of aromatic nitrogens is 3. The van der Waals surface area contributed by atoms with Crippen molar-refractivity contribution >= 4 is 23.4 Å². The molecule has 224 valence electrons. The first kappa shape index (κ1) is 28.6. The molecule has 2 atom stereocenters. The largest absolute Gasteiger partial charge is 0.486 e. The van der Waals surface area contributed by atoms with E-state index in [-0.39, 0.29) is 24.3 Å². The van der Waals surface area contributed by atoms with E-state index in [1.54, 1.807) is 18.2 Å². The number of likely N-dealkylation sites (tertiary alicyclic amines) is 1. The van der Waals surface area contributed by atoms with Crippen molar-refractivity contribution in [2.45, 2.75) is 24.7 Å². The third-order valence-corrected chi connectivity index (χ3v) is 8.06. The first-order chi connectivity index (χ1) is 21.0. The van der Waals surface area contributed by atoms with Crippen molar-refractivity contribution in [2.75, 3.05) is 69.8 Å². The topological polar surface area (TPSA) is 129 Å². The second-order valence-corrected chi connectivity index (χ2v) is 10.7. The van der Waals surface area contributed by atoms with Crippen molar-refractivity contribution in [3.05, 3.63) is 54.4 Å². The van der Waals surface area contributed by atoms with Crippen LogP contribution in [0.2, 0.25) is 0 Å². The summed E-state index contributed by atoms with van der Waals surface area (Å²) in [6, 6.07) is 15.8. The number of hydrogen-bond donors (Lipinski definition) is 1. The van der Waals surface area contributed by atoms with Crippen LogP contribution in [0.1, 0.15) is 12.0 Å². The molecule has 0 saturated carbocycles. The molecule has 1 amide bonds. The first-order valence-electron chi connectivity index (χ1n) is 14.3. The van der Waals surface area contributed by atoms with Crippen molar-refractivity contribution in [2.24, 2.45) is 0 Å². The number of rotatable bonds is 7. The Morgan fingerprint density at radius 2 is 1.88 bits per heavy atom. The summed E-state index contributed by atoms with van der Waals surface area (Å²) in [6.45, 7) is 5.90. The van der Waals surface area contributed by atoms with Crippen LogP contribution >= 0.6 is 0 Å². The number of nitrogens with one attached hydrogen (secondary N) is 1. The van der Waals surface area contributed by atoms with E-state index < -0.39 is 18.4 Å². The van der Waals surface area contributed by atoms with E-state index in [0.717, 1.165) is 45.1 Å². The third kappa shape index (κ3) is 6.45. The number of benzene rings is 2. The Bertz CT molecular complexity index is 1470. The predicted molar refractivity (Wildman–Crippen MR) is 156 cm³/mol. The minimum absolute atomic E-state index is 0.131. The van der Waals surface area contributed by atoms with E-state index in [4.69, 9.17) is 9.47 Å². The second-order valence-electron chi connectivity index (χ2n) is 10.7. The SMILES string of the molecule is COC(=O)N1CC[C@H](Oc2ccc(-c3ncnc(Nc4ccc(N5CCN(C6COC6)CC5)cc4)n3)cc2C#N)C(F)C1. The van der Waals surface area contributed by atoms with Gasteiger partial charge in [0.2, 0.25) is 5.95 Å². The molecule has 3 aliphatic rings. The van der Waals surface area contributed by atoms with Gasteiger partial charge in [-0.25, -0.2) is 19.2 Å². The highest BCUT2D eigenvalue weighted by molar-refractivity contribution is 5.67. The van der Waals surface area contributed by atoms with Crippen LogP contribution in [0.4, 0.5) is 26.5 Å². The molecule has 0 aliphatic carbocycles. The van der Waals surface area contributed by atoms with Gasteiger partial charge in [0.05, 0.1) is 38.5 Å². The van der Waals surface area contributed by atoms with Crippen LogP contribution in [0.15, 0.2) is 48.8 Å². The van der Waals surface area contributed by atoms with E-state index >= 15 is 0 Å². The standard InChI is InChI=1S/C30H33FN8O4/c1-41-30(40)39-9-8-27(25(31)16-39)43-26-7-2-20(14-21(26)15-32)28-33-19-34-29(36-28)35-22-3-5-23(6-4-22)37-10-12-38(13-11-37)24-17-42-18-24/h2-7,14,19,24-25,27H,8-13,16-18H2,1H3,(H,33,34,35,36)/t25?,27-/m0/s1. The molecule has 6 rings (SSSR count). The summed E-state index contributed by atoms with van der Waals surface area (Å²) in [7, 11) is 1.26. The van der Waals surface area contributed by atoms with Crippen molar-refractivity contribution in [3.63, 3.8) is 0 Å². The van der Waals surface area contributed by atoms with Gasteiger partial charge in [0.15, 0.2) is 12.0 Å². The van der Waals surface area contributed by atoms with E-state index in [1.165, 1.54) is 24.0 Å². The van der Waals surface area contributed by atoms with Gasteiger partial charge >= 0.3 is 6.09 Å². The summed E-state index contributed by atoms with van der Waals surface area (Å²) in [4.78, 5) is 31.0. The molecule has 12 nitrogen and oxygen atoms in total. The molecule has 0 bridgehead atoms. The number of piperazine rings is 1. The van der Waals surface area contributed by atoms with Crippen LogP contribution < -0.4 is 15.0 Å². The molecule has 3 fully saturated rings. The minimum Gasteiger partial charge on any atom is -0.486 e. The highest BCUT2D eigenvalue weighted by atomic mass is 19.1. The van der Waals surface area contributed by atoms with Gasteiger partial charge in [0, 0.05) is 56.1 Å². The average Bonchev–Trinajstić information content (AvgIpc) is 3.02. The number of piperidine rings is 1. The summed E-state index contributed by atoms with van der Waals surface area (Å²) in [5.41, 5.74) is 2.83. The number of amides is 1. The van der Waals surface area contributed by atoms with E-state index in [1.807, 2.05) is 12.1 Å². The molecule has 1 aromatic heterocycles. The number of methoxy groups -OCH3 is 1. The van der Waals surface area contributed by atoms with Crippen LogP contribution in [-0.2, 0) is 9.47 Å². The Hall–Kier alpha value is -4.54. The maximum Gasteiger partial charge on any atom is 0.409 e. The quantitative estimate of drug-likeness (QED) is 0.437. The fourth-order valence-corrected chi connectivity index (χ4v) is 5.49. The predicted octanol–water partition coefficient (Wildman–Crippen LogP) is 3.23. The lowest BCUT2D eigenvalue weighted by Crippen LogP contribution is -2.56.